The third-order valence-electron chi connectivity index (χ3n) is 1.92. The highest BCUT2D eigenvalue weighted by Gasteiger charge is 2.20. The highest BCUT2D eigenvalue weighted by molar-refractivity contribution is 7.99. The predicted octanol–water partition coefficient (Wildman–Crippen LogP) is 4.00. The van der Waals surface area contributed by atoms with Crippen LogP contribution in [0, 0.1) is 5.41 Å². The van der Waals surface area contributed by atoms with E-state index >= 15 is 0 Å². The van der Waals surface area contributed by atoms with Crippen LogP contribution in [0.25, 0.3) is 0 Å². The molecule has 0 nitrogen and oxygen atoms in total. The van der Waals surface area contributed by atoms with Crippen molar-refractivity contribution in [3.8, 4) is 0 Å². The van der Waals surface area contributed by atoms with Crippen LogP contribution < -0.4 is 0 Å². The van der Waals surface area contributed by atoms with Gasteiger partial charge in [-0.25, -0.2) is 0 Å². The van der Waals surface area contributed by atoms with Gasteiger partial charge >= 0.3 is 0 Å². The number of halogens is 2. The molecular weight excluding hydrogens is 211 g/mol. The Balaban J connectivity index is 3.45. The summed E-state index contributed by atoms with van der Waals surface area (Å²) >= 11 is 13.6. The first-order valence-corrected chi connectivity index (χ1v) is 6.60. The molecule has 0 N–H and O–H groups in total. The Morgan fingerprint density at radius 2 is 1.83 bits per heavy atom. The lowest BCUT2D eigenvalue weighted by atomic mass is 9.90. The number of alkyl halides is 2. The van der Waals surface area contributed by atoms with Gasteiger partial charge in [-0.05, 0) is 29.8 Å². The third-order valence-corrected chi connectivity index (χ3v) is 4.19. The third kappa shape index (κ3) is 5.55. The molecule has 3 heteroatoms. The molecule has 0 aromatic rings. The smallest absolute Gasteiger partial charge is 0.0288 e. The quantitative estimate of drug-likeness (QED) is 0.469. The first-order valence-electron chi connectivity index (χ1n) is 4.38. The summed E-state index contributed by atoms with van der Waals surface area (Å²) in [6.07, 6.45) is 2.38. The second kappa shape index (κ2) is 7.34. The molecule has 0 amide bonds. The molecule has 0 saturated heterocycles. The summed E-state index contributed by atoms with van der Waals surface area (Å²) in [7, 11) is 0. The summed E-state index contributed by atoms with van der Waals surface area (Å²) in [4.78, 5) is 0. The molecule has 0 aliphatic rings. The van der Waals surface area contributed by atoms with E-state index in [4.69, 9.17) is 23.2 Å². The first kappa shape index (κ1) is 12.9. The summed E-state index contributed by atoms with van der Waals surface area (Å²) in [5.74, 6) is 3.79. The average Bonchev–Trinajstić information content (AvgIpc) is 2.12. The van der Waals surface area contributed by atoms with Gasteiger partial charge in [-0.15, -0.1) is 23.2 Å². The monoisotopic (exact) mass is 228 g/mol. The van der Waals surface area contributed by atoms with Crippen molar-refractivity contribution < 1.29 is 0 Å². The predicted molar refractivity (Wildman–Crippen MR) is 61.8 cm³/mol. The number of hydrogen-bond acceptors (Lipinski definition) is 1. The lowest BCUT2D eigenvalue weighted by Gasteiger charge is -2.23. The minimum atomic E-state index is 0.150. The summed E-state index contributed by atoms with van der Waals surface area (Å²) in [6.45, 7) is 4.34. The van der Waals surface area contributed by atoms with Crippen molar-refractivity contribution in [1.82, 2.24) is 0 Å². The summed E-state index contributed by atoms with van der Waals surface area (Å²) in [5.41, 5.74) is 0.150. The van der Waals surface area contributed by atoms with E-state index in [1.807, 2.05) is 11.8 Å². The molecule has 0 fully saturated rings. The summed E-state index contributed by atoms with van der Waals surface area (Å²) < 4.78 is 0. The maximum atomic E-state index is 5.83. The van der Waals surface area contributed by atoms with Crippen molar-refractivity contribution in [2.75, 3.05) is 23.3 Å². The van der Waals surface area contributed by atoms with Crippen molar-refractivity contribution >= 4 is 35.0 Å². The minimum Gasteiger partial charge on any atom is -0.162 e. The SMILES string of the molecule is CCSCCCC(C)(CCl)CCl. The fourth-order valence-electron chi connectivity index (χ4n) is 0.915. The Labute approximate surface area is 90.4 Å². The molecular formula is C9H18Cl2S. The van der Waals surface area contributed by atoms with Crippen LogP contribution in [0.3, 0.4) is 0 Å². The average molecular weight is 229 g/mol. The maximum Gasteiger partial charge on any atom is 0.0288 e. The normalized spacial score (nSPS) is 12.0. The van der Waals surface area contributed by atoms with Gasteiger partial charge in [0.05, 0.1) is 0 Å². The zero-order valence-corrected chi connectivity index (χ0v) is 10.2. The van der Waals surface area contributed by atoms with Gasteiger partial charge in [-0.2, -0.15) is 11.8 Å². The van der Waals surface area contributed by atoms with Crippen molar-refractivity contribution in [3.05, 3.63) is 0 Å². The fraction of sp³-hybridized carbons (Fsp3) is 1.00. The van der Waals surface area contributed by atoms with Crippen molar-refractivity contribution in [3.63, 3.8) is 0 Å². The van der Waals surface area contributed by atoms with Crippen LogP contribution in [-0.4, -0.2) is 23.3 Å². The molecule has 0 aliphatic carbocycles. The molecule has 0 spiro atoms. The maximum absolute atomic E-state index is 5.83. The second-order valence-electron chi connectivity index (χ2n) is 3.38. The second-order valence-corrected chi connectivity index (χ2v) is 5.31. The number of thioether (sulfide) groups is 1. The van der Waals surface area contributed by atoms with E-state index in [2.05, 4.69) is 13.8 Å². The van der Waals surface area contributed by atoms with Crippen LogP contribution in [0.1, 0.15) is 26.7 Å². The highest BCUT2D eigenvalue weighted by atomic mass is 35.5. The van der Waals surface area contributed by atoms with E-state index in [1.165, 1.54) is 17.9 Å². The van der Waals surface area contributed by atoms with E-state index in [0.717, 1.165) is 6.42 Å². The molecule has 0 atom stereocenters. The van der Waals surface area contributed by atoms with Crippen molar-refractivity contribution in [2.24, 2.45) is 5.41 Å². The van der Waals surface area contributed by atoms with E-state index in [1.54, 1.807) is 0 Å². The minimum absolute atomic E-state index is 0.150. The molecule has 74 valence electrons. The Morgan fingerprint density at radius 3 is 2.25 bits per heavy atom. The van der Waals surface area contributed by atoms with Crippen LogP contribution in [0.2, 0.25) is 0 Å². The van der Waals surface area contributed by atoms with Crippen LogP contribution in [0.15, 0.2) is 0 Å². The van der Waals surface area contributed by atoms with Crippen LogP contribution in [-0.2, 0) is 0 Å². The van der Waals surface area contributed by atoms with E-state index in [9.17, 15) is 0 Å². The topological polar surface area (TPSA) is 0 Å². The van der Waals surface area contributed by atoms with Gasteiger partial charge < -0.3 is 0 Å². The molecule has 0 unspecified atom stereocenters. The van der Waals surface area contributed by atoms with Gasteiger partial charge in [0, 0.05) is 11.8 Å². The van der Waals surface area contributed by atoms with Crippen LogP contribution in [0.4, 0.5) is 0 Å². The van der Waals surface area contributed by atoms with Crippen molar-refractivity contribution in [2.45, 2.75) is 26.7 Å². The Morgan fingerprint density at radius 1 is 1.25 bits per heavy atom. The Bertz CT molecular complexity index is 103. The van der Waals surface area contributed by atoms with Gasteiger partial charge in [-0.3, -0.25) is 0 Å². The molecule has 0 aromatic carbocycles. The zero-order chi connectivity index (χ0) is 9.45. The molecule has 0 aliphatic heterocycles. The van der Waals surface area contributed by atoms with E-state index in [0.29, 0.717) is 11.8 Å². The molecule has 0 bridgehead atoms. The van der Waals surface area contributed by atoms with Gasteiger partial charge in [0.15, 0.2) is 0 Å². The lowest BCUT2D eigenvalue weighted by molar-refractivity contribution is 0.387. The van der Waals surface area contributed by atoms with Crippen molar-refractivity contribution in [1.29, 1.82) is 0 Å². The standard InChI is InChI=1S/C9H18Cl2S/c1-3-12-6-4-5-9(2,7-10)8-11/h3-8H2,1-2H3. The molecule has 0 radical (unpaired) electrons. The van der Waals surface area contributed by atoms with Gasteiger partial charge in [0.2, 0.25) is 0 Å². The Hall–Kier alpha value is 0.930. The number of rotatable bonds is 7. The van der Waals surface area contributed by atoms with E-state index < -0.39 is 0 Å². The highest BCUT2D eigenvalue weighted by Crippen LogP contribution is 2.27. The number of hydrogen-bond donors (Lipinski definition) is 0. The molecule has 12 heavy (non-hydrogen) atoms. The first-order chi connectivity index (χ1) is 5.68. The van der Waals surface area contributed by atoms with E-state index in [-0.39, 0.29) is 5.41 Å². The molecule has 0 rings (SSSR count). The summed E-state index contributed by atoms with van der Waals surface area (Å²) in [6, 6.07) is 0. The molecule has 0 heterocycles. The molecule has 0 aromatic heterocycles. The Kier molecular flexibility index (Phi) is 7.91. The largest absolute Gasteiger partial charge is 0.162 e. The van der Waals surface area contributed by atoms with Gasteiger partial charge in [0.1, 0.15) is 0 Å². The van der Waals surface area contributed by atoms with Gasteiger partial charge in [-0.1, -0.05) is 13.8 Å². The molecule has 0 saturated carbocycles. The fourth-order valence-corrected chi connectivity index (χ4v) is 2.10. The van der Waals surface area contributed by atoms with Crippen LogP contribution >= 0.6 is 35.0 Å². The van der Waals surface area contributed by atoms with Gasteiger partial charge in [0.25, 0.3) is 0 Å². The lowest BCUT2D eigenvalue weighted by Crippen LogP contribution is -2.20. The van der Waals surface area contributed by atoms with Crippen LogP contribution in [0.5, 0.6) is 0 Å². The summed E-state index contributed by atoms with van der Waals surface area (Å²) in [5, 5.41) is 0. The zero-order valence-electron chi connectivity index (χ0n) is 7.91.